The molecule has 9 heteroatoms. The SMILES string of the molecule is COc1nccnc1NS(=O)(=O)c1ccc(NC(=O)c2ccccc2)cc1. The highest BCUT2D eigenvalue weighted by Gasteiger charge is 2.18. The fourth-order valence-corrected chi connectivity index (χ4v) is 3.25. The molecule has 0 unspecified atom stereocenters. The number of methoxy groups -OCH3 is 1. The standard InChI is InChI=1S/C18H16N4O4S/c1-26-18-16(19-11-12-20-18)22-27(24,25)15-9-7-14(8-10-15)21-17(23)13-5-3-2-4-6-13/h2-12H,1H3,(H,19,22)(H,21,23). The average molecular weight is 384 g/mol. The minimum absolute atomic E-state index is 0.00733. The molecule has 0 radical (unpaired) electrons. The number of benzene rings is 2. The van der Waals surface area contributed by atoms with Crippen LogP contribution in [0.1, 0.15) is 10.4 Å². The summed E-state index contributed by atoms with van der Waals surface area (Å²) in [4.78, 5) is 20.0. The van der Waals surface area contributed by atoms with Crippen molar-refractivity contribution in [3.63, 3.8) is 0 Å². The molecule has 0 bridgehead atoms. The lowest BCUT2D eigenvalue weighted by Crippen LogP contribution is -2.15. The number of amides is 1. The van der Waals surface area contributed by atoms with E-state index in [2.05, 4.69) is 20.0 Å². The van der Waals surface area contributed by atoms with Crippen molar-refractivity contribution in [2.45, 2.75) is 4.90 Å². The first kappa shape index (κ1) is 18.3. The van der Waals surface area contributed by atoms with E-state index >= 15 is 0 Å². The van der Waals surface area contributed by atoms with Crippen LogP contribution in [-0.2, 0) is 10.0 Å². The number of rotatable bonds is 6. The second kappa shape index (κ2) is 7.83. The predicted octanol–water partition coefficient (Wildman–Crippen LogP) is 2.54. The summed E-state index contributed by atoms with van der Waals surface area (Å²) < 4.78 is 32.3. The van der Waals surface area contributed by atoms with E-state index in [1.807, 2.05) is 6.07 Å². The largest absolute Gasteiger partial charge is 0.478 e. The maximum absolute atomic E-state index is 12.5. The lowest BCUT2D eigenvalue weighted by molar-refractivity contribution is 0.102. The van der Waals surface area contributed by atoms with Gasteiger partial charge in [0, 0.05) is 23.6 Å². The van der Waals surface area contributed by atoms with Gasteiger partial charge in [0.2, 0.25) is 5.82 Å². The molecule has 1 amide bonds. The highest BCUT2D eigenvalue weighted by molar-refractivity contribution is 7.92. The first-order valence-corrected chi connectivity index (χ1v) is 9.32. The highest BCUT2D eigenvalue weighted by atomic mass is 32.2. The molecule has 0 atom stereocenters. The third-order valence-corrected chi connectivity index (χ3v) is 4.90. The number of aromatic nitrogens is 2. The Kier molecular flexibility index (Phi) is 5.32. The van der Waals surface area contributed by atoms with Crippen LogP contribution in [-0.4, -0.2) is 31.4 Å². The molecule has 2 aromatic carbocycles. The summed E-state index contributed by atoms with van der Waals surface area (Å²) in [6, 6.07) is 14.5. The van der Waals surface area contributed by atoms with E-state index in [9.17, 15) is 13.2 Å². The lowest BCUT2D eigenvalue weighted by Gasteiger charge is -2.10. The number of carbonyl (C=O) groups is 1. The first-order chi connectivity index (χ1) is 13.0. The Hall–Kier alpha value is -3.46. The zero-order valence-corrected chi connectivity index (χ0v) is 15.1. The van der Waals surface area contributed by atoms with Gasteiger partial charge in [0.05, 0.1) is 12.0 Å². The van der Waals surface area contributed by atoms with E-state index < -0.39 is 10.0 Å². The average Bonchev–Trinajstić information content (AvgIpc) is 2.69. The Balaban J connectivity index is 1.75. The van der Waals surface area contributed by atoms with Gasteiger partial charge in [-0.25, -0.2) is 18.4 Å². The van der Waals surface area contributed by atoms with Gasteiger partial charge in [0.1, 0.15) is 0 Å². The molecule has 138 valence electrons. The molecule has 0 aliphatic carbocycles. The monoisotopic (exact) mass is 384 g/mol. The predicted molar refractivity (Wildman–Crippen MR) is 100 cm³/mol. The maximum Gasteiger partial charge on any atom is 0.263 e. The van der Waals surface area contributed by atoms with Crippen molar-refractivity contribution < 1.29 is 17.9 Å². The second-order valence-electron chi connectivity index (χ2n) is 5.36. The quantitative estimate of drug-likeness (QED) is 0.676. The Bertz CT molecular complexity index is 1040. The molecule has 8 nitrogen and oxygen atoms in total. The number of nitrogens with one attached hydrogen (secondary N) is 2. The van der Waals surface area contributed by atoms with Crippen molar-refractivity contribution in [3.05, 3.63) is 72.6 Å². The Labute approximate surface area is 156 Å². The lowest BCUT2D eigenvalue weighted by atomic mass is 10.2. The zero-order chi connectivity index (χ0) is 19.3. The van der Waals surface area contributed by atoms with Crippen LogP contribution in [0.3, 0.4) is 0 Å². The summed E-state index contributed by atoms with van der Waals surface area (Å²) in [6.07, 6.45) is 2.74. The van der Waals surface area contributed by atoms with Crippen molar-refractivity contribution in [3.8, 4) is 5.88 Å². The summed E-state index contributed by atoms with van der Waals surface area (Å²) in [5, 5.41) is 2.71. The fraction of sp³-hybridized carbons (Fsp3) is 0.0556. The molecule has 1 heterocycles. The number of nitrogens with zero attached hydrogens (tertiary/aromatic N) is 2. The van der Waals surface area contributed by atoms with Gasteiger partial charge in [0.15, 0.2) is 0 Å². The molecule has 0 aliphatic heterocycles. The zero-order valence-electron chi connectivity index (χ0n) is 14.3. The van der Waals surface area contributed by atoms with E-state index in [0.29, 0.717) is 11.3 Å². The van der Waals surface area contributed by atoms with E-state index in [0.717, 1.165) is 0 Å². The molecule has 0 spiro atoms. The van der Waals surface area contributed by atoms with Crippen LogP contribution in [0.25, 0.3) is 0 Å². The number of carbonyl (C=O) groups excluding carboxylic acids is 1. The van der Waals surface area contributed by atoms with Gasteiger partial charge in [-0.1, -0.05) is 18.2 Å². The summed E-state index contributed by atoms with van der Waals surface area (Å²) in [5.74, 6) is -0.233. The Morgan fingerprint density at radius 2 is 1.63 bits per heavy atom. The number of sulfonamides is 1. The first-order valence-electron chi connectivity index (χ1n) is 7.84. The summed E-state index contributed by atoms with van der Waals surface area (Å²) in [7, 11) is -2.52. The van der Waals surface area contributed by atoms with Gasteiger partial charge in [-0.2, -0.15) is 0 Å². The van der Waals surface area contributed by atoms with Crippen LogP contribution in [0.4, 0.5) is 11.5 Å². The molecule has 27 heavy (non-hydrogen) atoms. The smallest absolute Gasteiger partial charge is 0.263 e. The number of hydrogen-bond acceptors (Lipinski definition) is 6. The summed E-state index contributed by atoms with van der Waals surface area (Å²) in [6.45, 7) is 0. The highest BCUT2D eigenvalue weighted by Crippen LogP contribution is 2.22. The van der Waals surface area contributed by atoms with Crippen LogP contribution in [0.15, 0.2) is 71.9 Å². The number of hydrogen-bond donors (Lipinski definition) is 2. The minimum Gasteiger partial charge on any atom is -0.478 e. The van der Waals surface area contributed by atoms with Crippen LogP contribution in [0.5, 0.6) is 5.88 Å². The van der Waals surface area contributed by atoms with E-state index in [-0.39, 0.29) is 22.5 Å². The molecule has 1 aromatic heterocycles. The van der Waals surface area contributed by atoms with Crippen LogP contribution < -0.4 is 14.8 Å². The molecule has 0 saturated carbocycles. The van der Waals surface area contributed by atoms with Crippen molar-refractivity contribution in [1.82, 2.24) is 9.97 Å². The third-order valence-electron chi connectivity index (χ3n) is 3.55. The third kappa shape index (κ3) is 4.39. The molecule has 0 fully saturated rings. The topological polar surface area (TPSA) is 110 Å². The Morgan fingerprint density at radius 3 is 2.30 bits per heavy atom. The molecule has 2 N–H and O–H groups in total. The summed E-state index contributed by atoms with van der Waals surface area (Å²) in [5.41, 5.74) is 0.977. The van der Waals surface area contributed by atoms with Crippen molar-refractivity contribution in [2.24, 2.45) is 0 Å². The minimum atomic E-state index is -3.89. The molecular formula is C18H16N4O4S. The fourth-order valence-electron chi connectivity index (χ4n) is 2.24. The van der Waals surface area contributed by atoms with E-state index in [1.54, 1.807) is 24.3 Å². The van der Waals surface area contributed by atoms with Gasteiger partial charge in [-0.15, -0.1) is 0 Å². The van der Waals surface area contributed by atoms with Crippen molar-refractivity contribution in [1.29, 1.82) is 0 Å². The summed E-state index contributed by atoms with van der Waals surface area (Å²) >= 11 is 0. The van der Waals surface area contributed by atoms with Gasteiger partial charge < -0.3 is 10.1 Å². The molecular weight excluding hydrogens is 368 g/mol. The van der Waals surface area contributed by atoms with E-state index in [4.69, 9.17) is 4.74 Å². The normalized spacial score (nSPS) is 10.9. The van der Waals surface area contributed by atoms with Gasteiger partial charge in [-0.3, -0.25) is 9.52 Å². The Morgan fingerprint density at radius 1 is 0.963 bits per heavy atom. The molecule has 3 rings (SSSR count). The number of ether oxygens (including phenoxy) is 1. The van der Waals surface area contributed by atoms with Crippen LogP contribution in [0, 0.1) is 0 Å². The maximum atomic E-state index is 12.5. The van der Waals surface area contributed by atoms with Gasteiger partial charge in [-0.05, 0) is 36.4 Å². The van der Waals surface area contributed by atoms with Crippen LogP contribution in [0.2, 0.25) is 0 Å². The van der Waals surface area contributed by atoms with Gasteiger partial charge >= 0.3 is 0 Å². The van der Waals surface area contributed by atoms with Crippen molar-refractivity contribution in [2.75, 3.05) is 17.1 Å². The van der Waals surface area contributed by atoms with Crippen molar-refractivity contribution >= 4 is 27.4 Å². The molecule has 0 saturated heterocycles. The van der Waals surface area contributed by atoms with E-state index in [1.165, 1.54) is 43.8 Å². The van der Waals surface area contributed by atoms with Crippen LogP contribution >= 0.6 is 0 Å². The molecule has 0 aliphatic rings. The van der Waals surface area contributed by atoms with Gasteiger partial charge in [0.25, 0.3) is 21.8 Å². The molecule has 3 aromatic rings. The number of anilines is 2. The second-order valence-corrected chi connectivity index (χ2v) is 7.05.